The summed E-state index contributed by atoms with van der Waals surface area (Å²) in [7, 11) is 0. The van der Waals surface area contributed by atoms with Gasteiger partial charge in [0.05, 0.1) is 17.7 Å². The Bertz CT molecular complexity index is 1210. The molecular weight excluding hydrogens is 436 g/mol. The van der Waals surface area contributed by atoms with Crippen molar-refractivity contribution in [3.63, 3.8) is 0 Å². The summed E-state index contributed by atoms with van der Waals surface area (Å²) < 4.78 is 0. The average molecular weight is 460 g/mol. The van der Waals surface area contributed by atoms with Crippen molar-refractivity contribution in [1.29, 1.82) is 0 Å². The minimum Gasteiger partial charge on any atom is -0.388 e. The highest BCUT2D eigenvalue weighted by atomic mass is 16.3. The third-order valence-corrected chi connectivity index (χ3v) is 6.55. The van der Waals surface area contributed by atoms with Crippen LogP contribution >= 0.6 is 0 Å². The lowest BCUT2D eigenvalue weighted by molar-refractivity contribution is -0.137. The summed E-state index contributed by atoms with van der Waals surface area (Å²) in [5, 5.41) is 18.9. The van der Waals surface area contributed by atoms with Crippen LogP contribution in [0.2, 0.25) is 0 Å². The first kappa shape index (κ1) is 21.8. The van der Waals surface area contributed by atoms with Gasteiger partial charge in [0.25, 0.3) is 11.8 Å². The Labute approximate surface area is 195 Å². The summed E-state index contributed by atoms with van der Waals surface area (Å²) in [6.45, 7) is 0.206. The normalized spacial score (nSPS) is 25.7. The van der Waals surface area contributed by atoms with Crippen LogP contribution in [0.25, 0.3) is 0 Å². The lowest BCUT2D eigenvalue weighted by Gasteiger charge is -2.29. The van der Waals surface area contributed by atoms with Crippen LogP contribution < -0.4 is 16.0 Å². The molecule has 4 amide bonds. The summed E-state index contributed by atoms with van der Waals surface area (Å²) in [5.41, 5.74) is 2.90. The molecule has 0 saturated carbocycles. The quantitative estimate of drug-likeness (QED) is 0.403. The van der Waals surface area contributed by atoms with Crippen molar-refractivity contribution in [2.24, 2.45) is 0 Å². The third-order valence-electron chi connectivity index (χ3n) is 6.55. The van der Waals surface area contributed by atoms with E-state index in [-0.39, 0.29) is 48.7 Å². The first-order valence-electron chi connectivity index (χ1n) is 11.2. The minimum absolute atomic E-state index is 0.185. The Kier molecular flexibility index (Phi) is 5.62. The van der Waals surface area contributed by atoms with Crippen LogP contribution in [-0.4, -0.2) is 45.8 Å². The zero-order valence-electron chi connectivity index (χ0n) is 18.3. The molecule has 0 bridgehead atoms. The Hall–Kier alpha value is -3.98. The highest BCUT2D eigenvalue weighted by molar-refractivity contribution is 6.06. The number of aliphatic hydroxyl groups is 1. The van der Waals surface area contributed by atoms with Crippen molar-refractivity contribution in [3.8, 4) is 0 Å². The molecule has 2 aromatic rings. The summed E-state index contributed by atoms with van der Waals surface area (Å²) in [6.07, 6.45) is 1.33. The highest BCUT2D eigenvalue weighted by Gasteiger charge is 2.40. The van der Waals surface area contributed by atoms with E-state index >= 15 is 0 Å². The molecule has 5 rings (SSSR count). The molecule has 3 aliphatic rings. The average Bonchev–Trinajstić information content (AvgIpc) is 3.16. The van der Waals surface area contributed by atoms with E-state index in [9.17, 15) is 24.3 Å². The number of rotatable bonds is 4. The molecule has 9 heteroatoms. The predicted octanol–water partition coefficient (Wildman–Crippen LogP) is 1.37. The van der Waals surface area contributed by atoms with Gasteiger partial charge in [-0.3, -0.25) is 24.5 Å². The van der Waals surface area contributed by atoms with E-state index < -0.39 is 18.1 Å². The molecule has 2 saturated heterocycles. The molecule has 174 valence electrons. The number of nitrogens with one attached hydrogen (secondary N) is 3. The van der Waals surface area contributed by atoms with Gasteiger partial charge in [-0.2, -0.15) is 0 Å². The Morgan fingerprint density at radius 2 is 1.82 bits per heavy atom. The SMILES string of the molecule is O=C1CCC(N2Cc3c(N/C=C4/C(=O)NC(c5ccccc5)CC4O)cccc3C2=O)C(=O)N1. The molecule has 34 heavy (non-hydrogen) atoms. The number of imide groups is 1. The van der Waals surface area contributed by atoms with Crippen LogP contribution in [0.4, 0.5) is 5.69 Å². The summed E-state index contributed by atoms with van der Waals surface area (Å²) in [4.78, 5) is 50.9. The van der Waals surface area contributed by atoms with Crippen molar-refractivity contribution in [2.75, 3.05) is 5.32 Å². The second kappa shape index (κ2) is 8.75. The molecule has 3 aliphatic heterocycles. The fourth-order valence-electron chi connectivity index (χ4n) is 4.74. The topological polar surface area (TPSA) is 128 Å². The molecule has 2 aromatic carbocycles. The molecule has 0 aromatic heterocycles. The molecule has 4 N–H and O–H groups in total. The van der Waals surface area contributed by atoms with Crippen molar-refractivity contribution < 1.29 is 24.3 Å². The van der Waals surface area contributed by atoms with E-state index in [1.165, 1.54) is 11.1 Å². The number of piperidine rings is 2. The second-order valence-electron chi connectivity index (χ2n) is 8.66. The fourth-order valence-corrected chi connectivity index (χ4v) is 4.74. The van der Waals surface area contributed by atoms with Gasteiger partial charge < -0.3 is 20.6 Å². The van der Waals surface area contributed by atoms with Crippen LogP contribution in [0, 0.1) is 0 Å². The number of benzene rings is 2. The zero-order valence-corrected chi connectivity index (χ0v) is 18.3. The lowest BCUT2D eigenvalue weighted by atomic mass is 9.92. The molecular formula is C25H24N4O5. The van der Waals surface area contributed by atoms with E-state index in [1.54, 1.807) is 18.2 Å². The van der Waals surface area contributed by atoms with Crippen LogP contribution in [0.1, 0.15) is 46.8 Å². The van der Waals surface area contributed by atoms with Gasteiger partial charge in [0.1, 0.15) is 6.04 Å². The van der Waals surface area contributed by atoms with Gasteiger partial charge in [0.15, 0.2) is 0 Å². The number of hydrogen-bond acceptors (Lipinski definition) is 6. The summed E-state index contributed by atoms with van der Waals surface area (Å²) >= 11 is 0. The van der Waals surface area contributed by atoms with Crippen LogP contribution in [-0.2, 0) is 20.9 Å². The van der Waals surface area contributed by atoms with E-state index in [2.05, 4.69) is 16.0 Å². The van der Waals surface area contributed by atoms with E-state index in [0.29, 0.717) is 23.2 Å². The maximum atomic E-state index is 13.0. The lowest BCUT2D eigenvalue weighted by Crippen LogP contribution is -2.52. The molecule has 0 aliphatic carbocycles. The molecule has 0 spiro atoms. The van der Waals surface area contributed by atoms with Crippen LogP contribution in [0.3, 0.4) is 0 Å². The van der Waals surface area contributed by atoms with Crippen molar-refractivity contribution in [2.45, 2.75) is 44.0 Å². The number of fused-ring (bicyclic) bond motifs is 1. The fraction of sp³-hybridized carbons (Fsp3) is 0.280. The van der Waals surface area contributed by atoms with E-state index in [1.807, 2.05) is 30.3 Å². The van der Waals surface area contributed by atoms with Gasteiger partial charge in [-0.15, -0.1) is 0 Å². The van der Waals surface area contributed by atoms with E-state index in [0.717, 1.165) is 5.56 Å². The predicted molar refractivity (Wildman–Crippen MR) is 122 cm³/mol. The maximum Gasteiger partial charge on any atom is 0.255 e. The third kappa shape index (κ3) is 3.94. The number of aliphatic hydroxyl groups excluding tert-OH is 1. The summed E-state index contributed by atoms with van der Waals surface area (Å²) in [5.74, 6) is -1.45. The smallest absolute Gasteiger partial charge is 0.255 e. The number of carbonyl (C=O) groups is 4. The zero-order chi connectivity index (χ0) is 23.8. The van der Waals surface area contributed by atoms with Crippen LogP contribution in [0.5, 0.6) is 0 Å². The van der Waals surface area contributed by atoms with Crippen molar-refractivity contribution >= 4 is 29.3 Å². The number of amides is 4. The van der Waals surface area contributed by atoms with Crippen molar-refractivity contribution in [1.82, 2.24) is 15.5 Å². The monoisotopic (exact) mass is 460 g/mol. The van der Waals surface area contributed by atoms with Gasteiger partial charge in [-0.05, 0) is 24.1 Å². The number of anilines is 1. The first-order chi connectivity index (χ1) is 16.4. The largest absolute Gasteiger partial charge is 0.388 e. The Morgan fingerprint density at radius 3 is 2.56 bits per heavy atom. The Morgan fingerprint density at radius 1 is 1.03 bits per heavy atom. The number of carbonyl (C=O) groups excluding carboxylic acids is 4. The molecule has 3 heterocycles. The van der Waals surface area contributed by atoms with Gasteiger partial charge in [0, 0.05) is 42.4 Å². The number of nitrogens with zero attached hydrogens (tertiary/aromatic N) is 1. The molecule has 0 radical (unpaired) electrons. The molecule has 3 atom stereocenters. The highest BCUT2D eigenvalue weighted by Crippen LogP contribution is 2.33. The first-order valence-corrected chi connectivity index (χ1v) is 11.2. The molecule has 3 unspecified atom stereocenters. The molecule has 9 nitrogen and oxygen atoms in total. The molecule has 2 fully saturated rings. The standard InChI is InChI=1S/C25H24N4O5/c30-21-11-19(14-5-2-1-3-6-14)27-23(32)16(21)12-26-18-8-4-7-15-17(18)13-29(25(15)34)20-9-10-22(31)28-24(20)33/h1-8,12,19-21,26,30H,9-11,13H2,(H,27,32)(H,28,31,33)/b16-12+. The number of hydrogen-bond donors (Lipinski definition) is 4. The minimum atomic E-state index is -0.954. The van der Waals surface area contributed by atoms with Crippen molar-refractivity contribution in [3.05, 3.63) is 77.0 Å². The van der Waals surface area contributed by atoms with Gasteiger partial charge >= 0.3 is 0 Å². The Balaban J connectivity index is 1.33. The van der Waals surface area contributed by atoms with Gasteiger partial charge in [-0.25, -0.2) is 0 Å². The second-order valence-corrected chi connectivity index (χ2v) is 8.66. The van der Waals surface area contributed by atoms with Crippen LogP contribution in [0.15, 0.2) is 60.3 Å². The maximum absolute atomic E-state index is 13.0. The van der Waals surface area contributed by atoms with Gasteiger partial charge in [-0.1, -0.05) is 36.4 Å². The van der Waals surface area contributed by atoms with Gasteiger partial charge in [0.2, 0.25) is 11.8 Å². The van der Waals surface area contributed by atoms with E-state index in [4.69, 9.17) is 0 Å². The summed E-state index contributed by atoms with van der Waals surface area (Å²) in [6, 6.07) is 13.7.